The third-order valence-electron chi connectivity index (χ3n) is 3.79. The van der Waals surface area contributed by atoms with Crippen LogP contribution in [0.3, 0.4) is 0 Å². The van der Waals surface area contributed by atoms with Crippen LogP contribution in [0.1, 0.15) is 16.8 Å². The molecule has 7 heteroatoms. The van der Waals surface area contributed by atoms with E-state index in [4.69, 9.17) is 13.9 Å². The maximum atomic E-state index is 12.6. The van der Waals surface area contributed by atoms with E-state index in [2.05, 4.69) is 9.97 Å². The van der Waals surface area contributed by atoms with Crippen molar-refractivity contribution >= 4 is 21.9 Å². The molecule has 1 aromatic carbocycles. The fourth-order valence-corrected chi connectivity index (χ4v) is 3.56. The number of pyridine rings is 1. The van der Waals surface area contributed by atoms with E-state index < -0.39 is 10.8 Å². The molecular formula is C17H18N2O4S. The lowest BCUT2D eigenvalue weighted by atomic mass is 10.1. The zero-order valence-electron chi connectivity index (χ0n) is 14.0. The molecule has 126 valence electrons. The molecule has 3 rings (SSSR count). The number of oxazole rings is 1. The molecule has 0 fully saturated rings. The van der Waals surface area contributed by atoms with Crippen LogP contribution in [0.15, 0.2) is 34.0 Å². The topological polar surface area (TPSA) is 74.5 Å². The zero-order chi connectivity index (χ0) is 17.3. The lowest BCUT2D eigenvalue weighted by molar-refractivity contribution is 0.407. The van der Waals surface area contributed by atoms with Crippen LogP contribution in [0, 0.1) is 13.8 Å². The SMILES string of the molecule is COc1ccc2oc(S(=O)Cc3ncc(C)c(OC)c3C)nc2c1. The summed E-state index contributed by atoms with van der Waals surface area (Å²) < 4.78 is 28.8. The third-order valence-corrected chi connectivity index (χ3v) is 4.89. The Morgan fingerprint density at radius 1 is 1.21 bits per heavy atom. The third kappa shape index (κ3) is 2.99. The van der Waals surface area contributed by atoms with E-state index in [0.717, 1.165) is 16.9 Å². The van der Waals surface area contributed by atoms with E-state index in [1.807, 2.05) is 13.8 Å². The van der Waals surface area contributed by atoms with Gasteiger partial charge in [0.1, 0.15) is 27.8 Å². The van der Waals surface area contributed by atoms with Crippen LogP contribution in [-0.2, 0) is 16.6 Å². The van der Waals surface area contributed by atoms with Gasteiger partial charge in [0, 0.05) is 23.4 Å². The van der Waals surface area contributed by atoms with Crippen LogP contribution in [-0.4, -0.2) is 28.4 Å². The molecule has 1 unspecified atom stereocenters. The van der Waals surface area contributed by atoms with E-state index in [1.165, 1.54) is 0 Å². The van der Waals surface area contributed by atoms with Crippen LogP contribution in [0.25, 0.3) is 11.1 Å². The van der Waals surface area contributed by atoms with E-state index in [-0.39, 0.29) is 11.0 Å². The maximum absolute atomic E-state index is 12.6. The van der Waals surface area contributed by atoms with Crippen molar-refractivity contribution in [1.82, 2.24) is 9.97 Å². The van der Waals surface area contributed by atoms with Gasteiger partial charge in [-0.2, -0.15) is 0 Å². The van der Waals surface area contributed by atoms with Gasteiger partial charge in [0.15, 0.2) is 5.58 Å². The molecule has 2 heterocycles. The minimum atomic E-state index is -1.44. The molecule has 0 spiro atoms. The Bertz CT molecular complexity index is 920. The smallest absolute Gasteiger partial charge is 0.288 e. The van der Waals surface area contributed by atoms with Crippen LogP contribution in [0.2, 0.25) is 0 Å². The summed E-state index contributed by atoms with van der Waals surface area (Å²) in [6.45, 7) is 3.83. The summed E-state index contributed by atoms with van der Waals surface area (Å²) in [6, 6.07) is 5.27. The summed E-state index contributed by atoms with van der Waals surface area (Å²) in [5.74, 6) is 1.65. The quantitative estimate of drug-likeness (QED) is 0.706. The molecule has 3 aromatic rings. The van der Waals surface area contributed by atoms with Gasteiger partial charge >= 0.3 is 0 Å². The van der Waals surface area contributed by atoms with Crippen LogP contribution in [0.4, 0.5) is 0 Å². The zero-order valence-corrected chi connectivity index (χ0v) is 14.8. The number of nitrogens with zero attached hydrogens (tertiary/aromatic N) is 2. The van der Waals surface area contributed by atoms with Gasteiger partial charge in [0.25, 0.3) is 5.22 Å². The minimum absolute atomic E-state index is 0.180. The van der Waals surface area contributed by atoms with Gasteiger partial charge in [0.2, 0.25) is 0 Å². The first-order chi connectivity index (χ1) is 11.5. The van der Waals surface area contributed by atoms with Crippen molar-refractivity contribution in [3.8, 4) is 11.5 Å². The second-order valence-corrected chi connectivity index (χ2v) is 6.68. The second kappa shape index (κ2) is 6.60. The highest BCUT2D eigenvalue weighted by Crippen LogP contribution is 2.27. The molecular weight excluding hydrogens is 328 g/mol. The highest BCUT2D eigenvalue weighted by molar-refractivity contribution is 7.84. The lowest BCUT2D eigenvalue weighted by Crippen LogP contribution is -2.04. The highest BCUT2D eigenvalue weighted by Gasteiger charge is 2.18. The first-order valence-corrected chi connectivity index (χ1v) is 8.67. The molecule has 0 saturated carbocycles. The van der Waals surface area contributed by atoms with Crippen LogP contribution >= 0.6 is 0 Å². The Balaban J connectivity index is 1.90. The molecule has 0 amide bonds. The van der Waals surface area contributed by atoms with E-state index in [1.54, 1.807) is 38.6 Å². The number of aryl methyl sites for hydroxylation is 1. The van der Waals surface area contributed by atoms with Gasteiger partial charge in [0.05, 0.1) is 25.7 Å². The summed E-state index contributed by atoms with van der Waals surface area (Å²) in [7, 11) is 1.76. The number of methoxy groups -OCH3 is 2. The lowest BCUT2D eigenvalue weighted by Gasteiger charge is -2.11. The largest absolute Gasteiger partial charge is 0.497 e. The van der Waals surface area contributed by atoms with Crippen molar-refractivity contribution in [3.63, 3.8) is 0 Å². The van der Waals surface area contributed by atoms with Gasteiger partial charge in [-0.05, 0) is 26.0 Å². The second-order valence-electron chi connectivity index (χ2n) is 5.35. The van der Waals surface area contributed by atoms with E-state index >= 15 is 0 Å². The van der Waals surface area contributed by atoms with E-state index in [9.17, 15) is 4.21 Å². The van der Waals surface area contributed by atoms with Crippen LogP contribution < -0.4 is 9.47 Å². The Hall–Kier alpha value is -2.41. The first kappa shape index (κ1) is 16.4. The molecule has 0 saturated heterocycles. The average Bonchev–Trinajstić information content (AvgIpc) is 3.01. The summed E-state index contributed by atoms with van der Waals surface area (Å²) in [5, 5.41) is 0.180. The Labute approximate surface area is 142 Å². The number of hydrogen-bond donors (Lipinski definition) is 0. The van der Waals surface area contributed by atoms with Crippen molar-refractivity contribution in [2.24, 2.45) is 0 Å². The molecule has 0 aliphatic rings. The summed E-state index contributed by atoms with van der Waals surface area (Å²) in [4.78, 5) is 8.67. The molecule has 0 bridgehead atoms. The fourth-order valence-electron chi connectivity index (χ4n) is 2.51. The average molecular weight is 346 g/mol. The predicted molar refractivity (Wildman–Crippen MR) is 90.9 cm³/mol. The van der Waals surface area contributed by atoms with Gasteiger partial charge in [-0.25, -0.2) is 9.19 Å². The number of rotatable bonds is 5. The molecule has 0 aliphatic heterocycles. The van der Waals surface area contributed by atoms with Crippen LogP contribution in [0.5, 0.6) is 11.5 Å². The van der Waals surface area contributed by atoms with E-state index in [0.29, 0.717) is 22.5 Å². The number of benzene rings is 1. The van der Waals surface area contributed by atoms with Gasteiger partial charge in [-0.1, -0.05) is 0 Å². The first-order valence-electron chi connectivity index (χ1n) is 7.35. The Morgan fingerprint density at radius 2 is 2.00 bits per heavy atom. The maximum Gasteiger partial charge on any atom is 0.288 e. The number of aromatic nitrogens is 2. The fraction of sp³-hybridized carbons (Fsp3) is 0.294. The van der Waals surface area contributed by atoms with Crippen molar-refractivity contribution in [3.05, 3.63) is 41.2 Å². The van der Waals surface area contributed by atoms with Gasteiger partial charge < -0.3 is 13.9 Å². The molecule has 1 atom stereocenters. The van der Waals surface area contributed by atoms with Gasteiger partial charge in [-0.3, -0.25) is 4.98 Å². The molecule has 0 radical (unpaired) electrons. The Morgan fingerprint density at radius 3 is 2.71 bits per heavy atom. The molecule has 0 aliphatic carbocycles. The van der Waals surface area contributed by atoms with Crippen molar-refractivity contribution in [2.75, 3.05) is 14.2 Å². The summed E-state index contributed by atoms with van der Waals surface area (Å²) in [5.41, 5.74) is 3.71. The molecule has 2 aromatic heterocycles. The molecule has 6 nitrogen and oxygen atoms in total. The van der Waals surface area contributed by atoms with Crippen molar-refractivity contribution in [1.29, 1.82) is 0 Å². The summed E-state index contributed by atoms with van der Waals surface area (Å²) in [6.07, 6.45) is 1.72. The minimum Gasteiger partial charge on any atom is -0.497 e. The van der Waals surface area contributed by atoms with Crippen molar-refractivity contribution in [2.45, 2.75) is 24.8 Å². The summed E-state index contributed by atoms with van der Waals surface area (Å²) >= 11 is 0. The normalized spacial score (nSPS) is 12.3. The molecule has 24 heavy (non-hydrogen) atoms. The Kier molecular flexibility index (Phi) is 4.53. The van der Waals surface area contributed by atoms with Crippen molar-refractivity contribution < 1.29 is 18.1 Å². The number of fused-ring (bicyclic) bond motifs is 1. The standard InChI is InChI=1S/C17H18N2O4S/c1-10-8-18-14(11(2)16(10)22-4)9-24(20)17-19-13-7-12(21-3)5-6-15(13)23-17/h5-8H,9H2,1-4H3. The number of ether oxygens (including phenoxy) is 2. The highest BCUT2D eigenvalue weighted by atomic mass is 32.2. The van der Waals surface area contributed by atoms with Gasteiger partial charge in [-0.15, -0.1) is 0 Å². The monoisotopic (exact) mass is 346 g/mol. The number of hydrogen-bond acceptors (Lipinski definition) is 6. The molecule has 0 N–H and O–H groups in total. The predicted octanol–water partition coefficient (Wildman–Crippen LogP) is 3.16.